The number of hydrogen-bond donors (Lipinski definition) is 2. The van der Waals surface area contributed by atoms with Crippen LogP contribution in [-0.4, -0.2) is 9.97 Å². The van der Waals surface area contributed by atoms with Crippen LogP contribution in [0.3, 0.4) is 0 Å². The molecule has 0 aliphatic carbocycles. The van der Waals surface area contributed by atoms with Crippen LogP contribution in [0, 0.1) is 13.8 Å². The van der Waals surface area contributed by atoms with Crippen LogP contribution in [0.1, 0.15) is 11.4 Å². The summed E-state index contributed by atoms with van der Waals surface area (Å²) in [5.41, 5.74) is 3.45. The maximum absolute atomic E-state index is 12.5. The Morgan fingerprint density at radius 2 is 1.70 bits per heavy atom. The second-order valence-electron chi connectivity index (χ2n) is 5.38. The summed E-state index contributed by atoms with van der Waals surface area (Å²) in [6, 6.07) is 11.1. The molecule has 0 saturated carbocycles. The van der Waals surface area contributed by atoms with Crippen LogP contribution in [0.15, 0.2) is 56.7 Å². The fourth-order valence-electron chi connectivity index (χ4n) is 2.62. The van der Waals surface area contributed by atoms with Gasteiger partial charge < -0.3 is 9.97 Å². The number of aromatic nitrogens is 2. The molecule has 2 aromatic heterocycles. The van der Waals surface area contributed by atoms with E-state index in [1.54, 1.807) is 13.1 Å². The quantitative estimate of drug-likeness (QED) is 0.720. The van der Waals surface area contributed by atoms with Crippen molar-refractivity contribution < 1.29 is 0 Å². The first-order valence-electron chi connectivity index (χ1n) is 7.16. The summed E-state index contributed by atoms with van der Waals surface area (Å²) in [5, 5.41) is 0. The summed E-state index contributed by atoms with van der Waals surface area (Å²) in [6.07, 6.45) is 1.60. The van der Waals surface area contributed by atoms with Gasteiger partial charge in [0.25, 0.3) is 0 Å². The van der Waals surface area contributed by atoms with Gasteiger partial charge in [0, 0.05) is 29.3 Å². The standard InChI is InChI=1S/C18H15BrN2O2/c1-10-16(18(23)17(19)11(2)21-10)13-9-20-14(8-15(13)22)12-6-4-3-5-7-12/h3-9H,1-2H3,(H,20,22)(H,21,23). The van der Waals surface area contributed by atoms with Gasteiger partial charge in [0.05, 0.1) is 15.6 Å². The van der Waals surface area contributed by atoms with Crippen LogP contribution >= 0.6 is 15.9 Å². The molecule has 0 radical (unpaired) electrons. The summed E-state index contributed by atoms with van der Waals surface area (Å²) in [6.45, 7) is 3.60. The van der Waals surface area contributed by atoms with Crippen molar-refractivity contribution >= 4 is 15.9 Å². The lowest BCUT2D eigenvalue weighted by Crippen LogP contribution is -2.17. The minimum atomic E-state index is -0.188. The molecule has 3 rings (SSSR count). The highest BCUT2D eigenvalue weighted by Crippen LogP contribution is 2.21. The zero-order valence-electron chi connectivity index (χ0n) is 12.7. The van der Waals surface area contributed by atoms with Gasteiger partial charge in [-0.2, -0.15) is 0 Å². The summed E-state index contributed by atoms with van der Waals surface area (Å²) < 4.78 is 0.449. The van der Waals surface area contributed by atoms with Gasteiger partial charge in [0.15, 0.2) is 5.43 Å². The molecule has 116 valence electrons. The molecule has 5 heteroatoms. The summed E-state index contributed by atoms with van der Waals surface area (Å²) >= 11 is 3.28. The molecule has 0 bridgehead atoms. The molecule has 0 atom stereocenters. The van der Waals surface area contributed by atoms with Gasteiger partial charge in [0.2, 0.25) is 5.43 Å². The molecule has 0 aliphatic rings. The van der Waals surface area contributed by atoms with E-state index >= 15 is 0 Å². The third kappa shape index (κ3) is 2.80. The molecule has 0 fully saturated rings. The summed E-state index contributed by atoms with van der Waals surface area (Å²) in [7, 11) is 0. The Kier molecular flexibility index (Phi) is 4.05. The Balaban J connectivity index is 2.19. The van der Waals surface area contributed by atoms with E-state index in [0.29, 0.717) is 21.3 Å². The van der Waals surface area contributed by atoms with Crippen molar-refractivity contribution in [3.63, 3.8) is 0 Å². The van der Waals surface area contributed by atoms with Crippen molar-refractivity contribution in [2.45, 2.75) is 13.8 Å². The fraction of sp³-hybridized carbons (Fsp3) is 0.111. The van der Waals surface area contributed by atoms with Crippen molar-refractivity contribution in [2.24, 2.45) is 0 Å². The van der Waals surface area contributed by atoms with E-state index in [1.165, 1.54) is 6.07 Å². The summed E-state index contributed by atoms with van der Waals surface area (Å²) in [4.78, 5) is 31.3. The largest absolute Gasteiger partial charge is 0.361 e. The van der Waals surface area contributed by atoms with Crippen molar-refractivity contribution in [3.8, 4) is 22.4 Å². The molecule has 4 nitrogen and oxygen atoms in total. The van der Waals surface area contributed by atoms with Crippen LogP contribution in [0.5, 0.6) is 0 Å². The van der Waals surface area contributed by atoms with Gasteiger partial charge in [0.1, 0.15) is 0 Å². The molecule has 0 saturated heterocycles. The molecular formula is C18H15BrN2O2. The molecule has 2 N–H and O–H groups in total. The molecule has 1 aromatic carbocycles. The molecule has 3 aromatic rings. The molecule has 0 aliphatic heterocycles. The molecule has 0 amide bonds. The third-order valence-electron chi connectivity index (χ3n) is 3.77. The van der Waals surface area contributed by atoms with Crippen molar-refractivity contribution in [1.82, 2.24) is 9.97 Å². The molecule has 23 heavy (non-hydrogen) atoms. The van der Waals surface area contributed by atoms with E-state index < -0.39 is 0 Å². The predicted octanol–water partition coefficient (Wildman–Crippen LogP) is 3.78. The van der Waals surface area contributed by atoms with E-state index in [-0.39, 0.29) is 10.9 Å². The molecule has 0 unspecified atom stereocenters. The van der Waals surface area contributed by atoms with Gasteiger partial charge in [-0.05, 0) is 35.3 Å². The Morgan fingerprint density at radius 1 is 1.00 bits per heavy atom. The number of pyridine rings is 2. The smallest absolute Gasteiger partial charge is 0.204 e. The number of rotatable bonds is 2. The SMILES string of the molecule is Cc1[nH]c(C)c(-c2c[nH]c(-c3ccccc3)cc2=O)c(=O)c1Br. The normalized spacial score (nSPS) is 10.7. The first-order chi connectivity index (χ1) is 11.0. The average molecular weight is 371 g/mol. The molecular weight excluding hydrogens is 356 g/mol. The Labute approximate surface area is 141 Å². The van der Waals surface area contributed by atoms with Gasteiger partial charge in [-0.3, -0.25) is 9.59 Å². The minimum Gasteiger partial charge on any atom is -0.361 e. The number of aryl methyl sites for hydroxylation is 2. The number of halogens is 1. The Morgan fingerprint density at radius 3 is 2.35 bits per heavy atom. The number of aromatic amines is 2. The van der Waals surface area contributed by atoms with Gasteiger partial charge >= 0.3 is 0 Å². The maximum Gasteiger partial charge on any atom is 0.204 e. The van der Waals surface area contributed by atoms with E-state index in [9.17, 15) is 9.59 Å². The Bertz CT molecular complexity index is 988. The molecule has 0 spiro atoms. The maximum atomic E-state index is 12.5. The Hall–Kier alpha value is -2.40. The highest BCUT2D eigenvalue weighted by atomic mass is 79.9. The highest BCUT2D eigenvalue weighted by Gasteiger charge is 2.15. The van der Waals surface area contributed by atoms with Crippen LogP contribution < -0.4 is 10.9 Å². The number of benzene rings is 1. The lowest BCUT2D eigenvalue weighted by molar-refractivity contribution is 1.09. The lowest BCUT2D eigenvalue weighted by Gasteiger charge is -2.09. The van der Waals surface area contributed by atoms with Crippen molar-refractivity contribution in [1.29, 1.82) is 0 Å². The van der Waals surface area contributed by atoms with Gasteiger partial charge in [-0.15, -0.1) is 0 Å². The monoisotopic (exact) mass is 370 g/mol. The fourth-order valence-corrected chi connectivity index (χ4v) is 2.92. The average Bonchev–Trinajstić information content (AvgIpc) is 2.55. The second kappa shape index (κ2) is 6.01. The summed E-state index contributed by atoms with van der Waals surface area (Å²) in [5.74, 6) is 0. The highest BCUT2D eigenvalue weighted by molar-refractivity contribution is 9.10. The zero-order valence-corrected chi connectivity index (χ0v) is 14.3. The van der Waals surface area contributed by atoms with Gasteiger partial charge in [-0.1, -0.05) is 30.3 Å². The first kappa shape index (κ1) is 15.5. The van der Waals surface area contributed by atoms with Crippen LogP contribution in [0.2, 0.25) is 0 Å². The van der Waals surface area contributed by atoms with Crippen LogP contribution in [-0.2, 0) is 0 Å². The van der Waals surface area contributed by atoms with Crippen molar-refractivity contribution in [3.05, 3.63) is 78.9 Å². The second-order valence-corrected chi connectivity index (χ2v) is 6.18. The molecule has 2 heterocycles. The van der Waals surface area contributed by atoms with E-state index in [4.69, 9.17) is 0 Å². The third-order valence-corrected chi connectivity index (χ3v) is 4.73. The lowest BCUT2D eigenvalue weighted by atomic mass is 10.0. The van der Waals surface area contributed by atoms with Crippen LogP contribution in [0.4, 0.5) is 0 Å². The van der Waals surface area contributed by atoms with E-state index in [1.807, 2.05) is 37.3 Å². The van der Waals surface area contributed by atoms with Gasteiger partial charge in [-0.25, -0.2) is 0 Å². The van der Waals surface area contributed by atoms with E-state index in [2.05, 4.69) is 25.9 Å². The van der Waals surface area contributed by atoms with Crippen molar-refractivity contribution in [2.75, 3.05) is 0 Å². The zero-order chi connectivity index (χ0) is 16.6. The minimum absolute atomic E-state index is 0.184. The first-order valence-corrected chi connectivity index (χ1v) is 7.96. The number of hydrogen-bond acceptors (Lipinski definition) is 2. The van der Waals surface area contributed by atoms with E-state index in [0.717, 1.165) is 17.0 Å². The number of nitrogens with one attached hydrogen (secondary N) is 2. The number of H-pyrrole nitrogens is 2. The van der Waals surface area contributed by atoms with Crippen LogP contribution in [0.25, 0.3) is 22.4 Å². The predicted molar refractivity (Wildman–Crippen MR) is 95.7 cm³/mol. The topological polar surface area (TPSA) is 65.7 Å².